The lowest BCUT2D eigenvalue weighted by atomic mass is 9.67. The standard InChI is InChI=1S/C20H21F2N5O3S2/c21-17(22)30-12-2-3-13(24-7-12)15(28)25-14-9-31-16(26-14)20-10-29-19(4-1-5-19)6-11(20)8-32-18(23)27-20/h2-3,7,9,11,17H,1,4-6,8,10H2,(H2,23,27)(H,25,28)/t11?,20-/m1/s1. The zero-order chi connectivity index (χ0) is 22.3. The summed E-state index contributed by atoms with van der Waals surface area (Å²) in [6, 6.07) is 2.57. The van der Waals surface area contributed by atoms with E-state index in [-0.39, 0.29) is 23.0 Å². The summed E-state index contributed by atoms with van der Waals surface area (Å²) >= 11 is 2.97. The van der Waals surface area contributed by atoms with Gasteiger partial charge in [-0.25, -0.2) is 15.0 Å². The van der Waals surface area contributed by atoms with E-state index in [1.165, 1.54) is 29.9 Å². The Morgan fingerprint density at radius 2 is 2.22 bits per heavy atom. The monoisotopic (exact) mass is 481 g/mol. The average Bonchev–Trinajstić information content (AvgIpc) is 3.21. The van der Waals surface area contributed by atoms with Crippen LogP contribution in [0, 0.1) is 5.92 Å². The molecule has 32 heavy (non-hydrogen) atoms. The van der Waals surface area contributed by atoms with E-state index in [2.05, 4.69) is 20.0 Å². The lowest BCUT2D eigenvalue weighted by Crippen LogP contribution is -2.57. The fraction of sp³-hybridized carbons (Fsp3) is 0.500. The number of aromatic nitrogens is 2. The molecule has 1 amide bonds. The van der Waals surface area contributed by atoms with Gasteiger partial charge < -0.3 is 20.5 Å². The summed E-state index contributed by atoms with van der Waals surface area (Å²) in [7, 11) is 0. The van der Waals surface area contributed by atoms with E-state index in [9.17, 15) is 13.6 Å². The van der Waals surface area contributed by atoms with Crippen LogP contribution < -0.4 is 15.8 Å². The number of thiazole rings is 1. The summed E-state index contributed by atoms with van der Waals surface area (Å²) < 4.78 is 35.1. The van der Waals surface area contributed by atoms with Crippen molar-refractivity contribution in [2.45, 2.75) is 43.4 Å². The predicted octanol–water partition coefficient (Wildman–Crippen LogP) is 3.61. The second kappa shape index (κ2) is 8.23. The minimum Gasteiger partial charge on any atom is -0.433 e. The lowest BCUT2D eigenvalue weighted by Gasteiger charge is -2.53. The molecular weight excluding hydrogens is 460 g/mol. The van der Waals surface area contributed by atoms with E-state index in [4.69, 9.17) is 15.5 Å². The van der Waals surface area contributed by atoms with Crippen LogP contribution in [0.25, 0.3) is 0 Å². The molecule has 1 unspecified atom stereocenters. The molecule has 4 heterocycles. The number of rotatable bonds is 5. The fourth-order valence-corrected chi connectivity index (χ4v) is 6.35. The minimum absolute atomic E-state index is 0.0312. The smallest absolute Gasteiger partial charge is 0.387 e. The molecule has 2 aliphatic heterocycles. The van der Waals surface area contributed by atoms with Crippen LogP contribution >= 0.6 is 23.1 Å². The summed E-state index contributed by atoms with van der Waals surface area (Å²) in [5.41, 5.74) is 5.47. The van der Waals surface area contributed by atoms with E-state index >= 15 is 0 Å². The number of anilines is 1. The molecule has 2 atom stereocenters. The first-order chi connectivity index (χ1) is 15.4. The number of nitrogens with two attached hydrogens (primary N) is 1. The molecule has 1 saturated carbocycles. The molecule has 1 saturated heterocycles. The number of halogens is 2. The number of carbonyl (C=O) groups is 1. The lowest BCUT2D eigenvalue weighted by molar-refractivity contribution is -0.169. The highest BCUT2D eigenvalue weighted by Gasteiger charge is 2.56. The Labute approximate surface area is 191 Å². The average molecular weight is 482 g/mol. The highest BCUT2D eigenvalue weighted by molar-refractivity contribution is 8.13. The maximum absolute atomic E-state index is 12.5. The Kier molecular flexibility index (Phi) is 5.54. The number of ether oxygens (including phenoxy) is 2. The van der Waals surface area contributed by atoms with E-state index in [1.54, 1.807) is 17.1 Å². The number of carbonyl (C=O) groups excluding carboxylic acids is 1. The predicted molar refractivity (Wildman–Crippen MR) is 117 cm³/mol. The molecule has 1 aliphatic carbocycles. The van der Waals surface area contributed by atoms with Gasteiger partial charge in [0.2, 0.25) is 0 Å². The number of pyridine rings is 1. The third-order valence-corrected chi connectivity index (χ3v) is 8.17. The third-order valence-electron chi connectivity index (χ3n) is 6.21. The van der Waals surface area contributed by atoms with Gasteiger partial charge in [0.15, 0.2) is 5.17 Å². The molecule has 5 rings (SSSR count). The van der Waals surface area contributed by atoms with Crippen LogP contribution in [0.5, 0.6) is 5.75 Å². The minimum atomic E-state index is -2.95. The van der Waals surface area contributed by atoms with Gasteiger partial charge in [-0.1, -0.05) is 11.8 Å². The van der Waals surface area contributed by atoms with Crippen LogP contribution in [0.4, 0.5) is 14.6 Å². The molecule has 0 radical (unpaired) electrons. The maximum atomic E-state index is 12.5. The van der Waals surface area contributed by atoms with Crippen molar-refractivity contribution in [3.05, 3.63) is 34.4 Å². The van der Waals surface area contributed by atoms with Gasteiger partial charge in [0.05, 0.1) is 18.4 Å². The van der Waals surface area contributed by atoms with Crippen LogP contribution in [0.2, 0.25) is 0 Å². The largest absolute Gasteiger partial charge is 0.433 e. The first-order valence-corrected chi connectivity index (χ1v) is 12.0. The third kappa shape index (κ3) is 3.95. The molecule has 1 spiro atoms. The van der Waals surface area contributed by atoms with Crippen molar-refractivity contribution in [3.8, 4) is 5.75 Å². The van der Waals surface area contributed by atoms with Crippen LogP contribution in [-0.4, -0.2) is 45.6 Å². The Morgan fingerprint density at radius 3 is 2.91 bits per heavy atom. The first-order valence-electron chi connectivity index (χ1n) is 10.2. The van der Waals surface area contributed by atoms with Gasteiger partial charge in [-0.2, -0.15) is 8.78 Å². The molecule has 0 bridgehead atoms. The summed E-state index contributed by atoms with van der Waals surface area (Å²) in [6.07, 6.45) is 5.35. The molecule has 2 aromatic rings. The number of amides is 1. The summed E-state index contributed by atoms with van der Waals surface area (Å²) in [6.45, 7) is -2.53. The molecular formula is C20H21F2N5O3S2. The number of nitrogens with one attached hydrogen (secondary N) is 1. The molecule has 12 heteroatoms. The molecule has 2 aromatic heterocycles. The molecule has 3 aliphatic rings. The van der Waals surface area contributed by atoms with E-state index in [0.29, 0.717) is 17.6 Å². The molecule has 170 valence electrons. The molecule has 2 fully saturated rings. The Hall–Kier alpha value is -2.31. The second-order valence-corrected chi connectivity index (χ2v) is 10.1. The van der Waals surface area contributed by atoms with Crippen LogP contribution in [0.3, 0.4) is 0 Å². The number of alkyl halides is 2. The summed E-state index contributed by atoms with van der Waals surface area (Å²) in [5, 5.41) is 5.72. The van der Waals surface area contributed by atoms with Gasteiger partial charge in [-0.3, -0.25) is 4.79 Å². The zero-order valence-corrected chi connectivity index (χ0v) is 18.6. The SMILES string of the molecule is NC1=N[C@]2(c3nc(NC(=O)c4ccc(OC(F)F)cn4)cs3)COC3(CCC3)CC2CS1. The molecule has 0 aromatic carbocycles. The van der Waals surface area contributed by atoms with Gasteiger partial charge in [0, 0.05) is 17.1 Å². The van der Waals surface area contributed by atoms with Crippen LogP contribution in [0.15, 0.2) is 28.7 Å². The van der Waals surface area contributed by atoms with Crippen molar-refractivity contribution in [3.63, 3.8) is 0 Å². The number of hydrogen-bond donors (Lipinski definition) is 2. The van der Waals surface area contributed by atoms with Crippen molar-refractivity contribution >= 4 is 40.0 Å². The van der Waals surface area contributed by atoms with Crippen molar-refractivity contribution in [2.24, 2.45) is 16.6 Å². The zero-order valence-electron chi connectivity index (χ0n) is 16.9. The van der Waals surface area contributed by atoms with Crippen molar-refractivity contribution in [1.82, 2.24) is 9.97 Å². The van der Waals surface area contributed by atoms with Gasteiger partial charge >= 0.3 is 6.61 Å². The van der Waals surface area contributed by atoms with E-state index < -0.39 is 18.1 Å². The van der Waals surface area contributed by atoms with E-state index in [0.717, 1.165) is 36.2 Å². The molecule has 8 nitrogen and oxygen atoms in total. The summed E-state index contributed by atoms with van der Waals surface area (Å²) in [4.78, 5) is 25.8. The molecule has 3 N–H and O–H groups in total. The summed E-state index contributed by atoms with van der Waals surface area (Å²) in [5.74, 6) is 0.861. The Morgan fingerprint density at radius 1 is 1.38 bits per heavy atom. The van der Waals surface area contributed by atoms with Crippen molar-refractivity contribution in [1.29, 1.82) is 0 Å². The van der Waals surface area contributed by atoms with E-state index in [1.807, 2.05) is 0 Å². The maximum Gasteiger partial charge on any atom is 0.387 e. The fourth-order valence-electron chi connectivity index (χ4n) is 4.39. The quantitative estimate of drug-likeness (QED) is 0.671. The number of thioether (sulfide) groups is 1. The second-order valence-electron chi connectivity index (χ2n) is 8.16. The first kappa shape index (κ1) is 21.5. The number of fused-ring (bicyclic) bond motifs is 1. The van der Waals surface area contributed by atoms with Crippen molar-refractivity contribution in [2.75, 3.05) is 17.7 Å². The van der Waals surface area contributed by atoms with Gasteiger partial charge in [0.25, 0.3) is 5.91 Å². The van der Waals surface area contributed by atoms with Gasteiger partial charge in [-0.05, 0) is 37.8 Å². The van der Waals surface area contributed by atoms with Gasteiger partial charge in [-0.15, -0.1) is 11.3 Å². The normalized spacial score (nSPS) is 26.2. The highest BCUT2D eigenvalue weighted by Crippen LogP contribution is 2.54. The Balaban J connectivity index is 1.33. The van der Waals surface area contributed by atoms with Gasteiger partial charge in [0.1, 0.15) is 27.8 Å². The van der Waals surface area contributed by atoms with Crippen LogP contribution in [0.1, 0.15) is 41.2 Å². The topological polar surface area (TPSA) is 112 Å². The number of amidine groups is 1. The van der Waals surface area contributed by atoms with Crippen LogP contribution in [-0.2, 0) is 10.3 Å². The Bertz CT molecular complexity index is 1040. The number of hydrogen-bond acceptors (Lipinski definition) is 9. The number of aliphatic imine (C=N–C) groups is 1. The highest BCUT2D eigenvalue weighted by atomic mass is 32.2. The van der Waals surface area contributed by atoms with Crippen molar-refractivity contribution < 1.29 is 23.0 Å². The number of nitrogens with zero attached hydrogens (tertiary/aromatic N) is 3.